The fraction of sp³-hybridized carbons (Fsp3) is 0.529. The molecule has 0 bridgehead atoms. The highest BCUT2D eigenvalue weighted by atomic mass is 79.9. The first-order valence-corrected chi connectivity index (χ1v) is 9.24. The first-order valence-electron chi connectivity index (χ1n) is 8.45. The van der Waals surface area contributed by atoms with Gasteiger partial charge in [0.15, 0.2) is 0 Å². The van der Waals surface area contributed by atoms with E-state index in [-0.39, 0.29) is 29.9 Å². The number of hydrogen-bond acceptors (Lipinski definition) is 6. The van der Waals surface area contributed by atoms with Crippen molar-refractivity contribution in [3.8, 4) is 0 Å². The molecule has 1 aliphatic rings. The maximum atomic E-state index is 14.5. The van der Waals surface area contributed by atoms with Crippen LogP contribution in [-0.2, 0) is 11.8 Å². The van der Waals surface area contributed by atoms with Crippen LogP contribution in [0.3, 0.4) is 0 Å². The zero-order valence-corrected chi connectivity index (χ0v) is 17.1. The van der Waals surface area contributed by atoms with E-state index in [1.54, 1.807) is 27.8 Å². The first-order chi connectivity index (χ1) is 12.6. The van der Waals surface area contributed by atoms with Crippen LogP contribution in [0, 0.1) is 0 Å². The van der Waals surface area contributed by atoms with Gasteiger partial charge in [-0.2, -0.15) is 0 Å². The Morgan fingerprint density at radius 2 is 2.07 bits per heavy atom. The zero-order valence-electron chi connectivity index (χ0n) is 15.5. The average molecular weight is 442 g/mol. The molecule has 1 aliphatic heterocycles. The second-order valence-corrected chi connectivity index (χ2v) is 8.35. The second kappa shape index (κ2) is 7.06. The maximum absolute atomic E-state index is 14.5. The number of halogens is 2. The summed E-state index contributed by atoms with van der Waals surface area (Å²) in [5.41, 5.74) is -0.517. The molecule has 1 N–H and O–H groups in total. The Balaban J connectivity index is 1.86. The number of amides is 1. The summed E-state index contributed by atoms with van der Waals surface area (Å²) in [4.78, 5) is 34.5. The topological polar surface area (TPSA) is 89.3 Å². The predicted octanol–water partition coefficient (Wildman–Crippen LogP) is 2.46. The Bertz CT molecular complexity index is 943. The molecule has 1 amide bonds. The van der Waals surface area contributed by atoms with Crippen molar-refractivity contribution in [3.63, 3.8) is 0 Å². The summed E-state index contributed by atoms with van der Waals surface area (Å²) in [6.45, 7) is 5.28. The highest BCUT2D eigenvalue weighted by Crippen LogP contribution is 2.26. The molecule has 0 aliphatic carbocycles. The summed E-state index contributed by atoms with van der Waals surface area (Å²) in [5, 5.41) is 3.23. The molecule has 0 radical (unpaired) electrons. The number of aryl methyl sites for hydroxylation is 1. The quantitative estimate of drug-likeness (QED) is 0.769. The van der Waals surface area contributed by atoms with Crippen molar-refractivity contribution in [1.29, 1.82) is 0 Å². The smallest absolute Gasteiger partial charge is 0.410 e. The van der Waals surface area contributed by atoms with Gasteiger partial charge in [-0.15, -0.1) is 0 Å². The van der Waals surface area contributed by atoms with E-state index >= 15 is 0 Å². The monoisotopic (exact) mass is 441 g/mol. The van der Waals surface area contributed by atoms with Crippen LogP contribution >= 0.6 is 15.9 Å². The lowest BCUT2D eigenvalue weighted by Crippen LogP contribution is -2.36. The highest BCUT2D eigenvalue weighted by Gasteiger charge is 2.38. The van der Waals surface area contributed by atoms with E-state index in [2.05, 4.69) is 31.2 Å². The summed E-state index contributed by atoms with van der Waals surface area (Å²) in [7, 11) is 1.58. The molecule has 3 rings (SSSR count). The molecule has 2 atom stereocenters. The first kappa shape index (κ1) is 19.5. The number of alkyl halides is 1. The molecule has 8 nitrogen and oxygen atoms in total. The third kappa shape index (κ3) is 4.05. The van der Waals surface area contributed by atoms with E-state index in [0.717, 1.165) is 0 Å². The largest absolute Gasteiger partial charge is 0.444 e. The zero-order chi connectivity index (χ0) is 19.9. The van der Waals surface area contributed by atoms with Gasteiger partial charge < -0.3 is 19.5 Å². The third-order valence-electron chi connectivity index (χ3n) is 4.12. The molecule has 0 saturated carbocycles. The molecule has 2 aromatic rings. The number of nitrogens with zero attached hydrogens (tertiary/aromatic N) is 4. The summed E-state index contributed by atoms with van der Waals surface area (Å²) in [5.74, 6) is 0.237. The van der Waals surface area contributed by atoms with Crippen molar-refractivity contribution >= 4 is 38.7 Å². The minimum atomic E-state index is -1.32. The summed E-state index contributed by atoms with van der Waals surface area (Å²) >= 11 is 3.33. The van der Waals surface area contributed by atoms with Gasteiger partial charge in [0.2, 0.25) is 0 Å². The summed E-state index contributed by atoms with van der Waals surface area (Å²) in [6.07, 6.45) is 1.03. The van der Waals surface area contributed by atoms with Gasteiger partial charge in [0.05, 0.1) is 28.9 Å². The van der Waals surface area contributed by atoms with Crippen LogP contribution in [0.1, 0.15) is 20.8 Å². The Kier molecular flexibility index (Phi) is 5.11. The minimum absolute atomic E-state index is 0.0860. The molecule has 0 aromatic carbocycles. The van der Waals surface area contributed by atoms with Crippen molar-refractivity contribution < 1.29 is 13.9 Å². The van der Waals surface area contributed by atoms with Crippen LogP contribution < -0.4 is 10.9 Å². The number of carbonyl (C=O) groups is 1. The summed E-state index contributed by atoms with van der Waals surface area (Å²) in [6, 6.07) is -0.709. The van der Waals surface area contributed by atoms with Crippen molar-refractivity contribution in [3.05, 3.63) is 27.4 Å². The Morgan fingerprint density at radius 3 is 2.74 bits per heavy atom. The Hall–Kier alpha value is -2.23. The van der Waals surface area contributed by atoms with E-state index in [0.29, 0.717) is 9.99 Å². The molecule has 2 aromatic heterocycles. The van der Waals surface area contributed by atoms with Gasteiger partial charge in [0, 0.05) is 19.8 Å². The Morgan fingerprint density at radius 1 is 1.37 bits per heavy atom. The highest BCUT2D eigenvalue weighted by molar-refractivity contribution is 9.10. The van der Waals surface area contributed by atoms with Gasteiger partial charge in [0.1, 0.15) is 23.0 Å². The number of ether oxygens (including phenoxy) is 1. The molecule has 3 heterocycles. The van der Waals surface area contributed by atoms with E-state index < -0.39 is 23.9 Å². The molecule has 27 heavy (non-hydrogen) atoms. The van der Waals surface area contributed by atoms with Gasteiger partial charge in [-0.05, 0) is 36.7 Å². The number of carbonyl (C=O) groups excluding carboxylic acids is 1. The number of hydrogen-bond donors (Lipinski definition) is 1. The van der Waals surface area contributed by atoms with Gasteiger partial charge in [-0.1, -0.05) is 0 Å². The van der Waals surface area contributed by atoms with Gasteiger partial charge in [0.25, 0.3) is 5.56 Å². The molecule has 1 saturated heterocycles. The number of rotatable bonds is 2. The molecule has 10 heteroatoms. The van der Waals surface area contributed by atoms with Gasteiger partial charge in [-0.25, -0.2) is 19.2 Å². The molecule has 0 unspecified atom stereocenters. The number of anilines is 1. The average Bonchev–Trinajstić information content (AvgIpc) is 2.93. The fourth-order valence-corrected chi connectivity index (χ4v) is 3.24. The van der Waals surface area contributed by atoms with E-state index in [9.17, 15) is 14.0 Å². The van der Waals surface area contributed by atoms with Crippen LogP contribution in [0.15, 0.2) is 21.8 Å². The van der Waals surface area contributed by atoms with Crippen molar-refractivity contribution in [1.82, 2.24) is 19.4 Å². The SMILES string of the molecule is Cn1cnc2c(Br)cnc(N[C@@H]3CN(C(=O)OC(C)(C)C)C[C@@H]3F)c2c1=O. The molecular formula is C17H21BrFN5O3. The Labute approximate surface area is 163 Å². The van der Waals surface area contributed by atoms with Crippen molar-refractivity contribution in [2.24, 2.45) is 7.05 Å². The lowest BCUT2D eigenvalue weighted by atomic mass is 10.2. The summed E-state index contributed by atoms with van der Waals surface area (Å²) < 4.78 is 21.7. The fourth-order valence-electron chi connectivity index (χ4n) is 2.84. The normalized spacial score (nSPS) is 20.1. The van der Waals surface area contributed by atoms with Gasteiger partial charge in [-0.3, -0.25) is 4.79 Å². The number of pyridine rings is 1. The van der Waals surface area contributed by atoms with E-state index in [1.807, 2.05) is 0 Å². The van der Waals surface area contributed by atoms with E-state index in [1.165, 1.54) is 22.0 Å². The third-order valence-corrected chi connectivity index (χ3v) is 4.70. The predicted molar refractivity (Wildman–Crippen MR) is 103 cm³/mol. The number of likely N-dealkylation sites (tertiary alicyclic amines) is 1. The van der Waals surface area contributed by atoms with Crippen LogP contribution in [0.25, 0.3) is 10.9 Å². The molecule has 0 spiro atoms. The lowest BCUT2D eigenvalue weighted by Gasteiger charge is -2.24. The number of fused-ring (bicyclic) bond motifs is 1. The van der Waals surface area contributed by atoms with E-state index in [4.69, 9.17) is 4.74 Å². The van der Waals surface area contributed by atoms with Crippen LogP contribution in [0.4, 0.5) is 15.0 Å². The second-order valence-electron chi connectivity index (χ2n) is 7.49. The van der Waals surface area contributed by atoms with Crippen LogP contribution in [0.2, 0.25) is 0 Å². The molecule has 1 fully saturated rings. The van der Waals surface area contributed by atoms with Crippen LogP contribution in [0.5, 0.6) is 0 Å². The van der Waals surface area contributed by atoms with Crippen molar-refractivity contribution in [2.45, 2.75) is 38.6 Å². The maximum Gasteiger partial charge on any atom is 0.410 e. The minimum Gasteiger partial charge on any atom is -0.444 e. The molecule has 146 valence electrons. The van der Waals surface area contributed by atoms with Crippen molar-refractivity contribution in [2.75, 3.05) is 18.4 Å². The lowest BCUT2D eigenvalue weighted by molar-refractivity contribution is 0.0283. The standard InChI is InChI=1S/C17H21BrFN5O3/c1-17(2,3)27-16(26)24-6-10(19)11(7-24)22-14-12-13(9(18)5-20-14)21-8-23(4)15(12)25/h5,8,10-11H,6-7H2,1-4H3,(H,20,22)/t10-,11+/m0/s1. The van der Waals surface area contributed by atoms with Gasteiger partial charge >= 0.3 is 6.09 Å². The van der Waals surface area contributed by atoms with Crippen LogP contribution in [-0.4, -0.2) is 56.4 Å². The number of aromatic nitrogens is 3. The molecular weight excluding hydrogens is 421 g/mol. The number of nitrogens with one attached hydrogen (secondary N) is 1.